The molecule has 0 radical (unpaired) electrons. The zero-order chi connectivity index (χ0) is 17.0. The van der Waals surface area contributed by atoms with Gasteiger partial charge in [0.05, 0.1) is 23.6 Å². The van der Waals surface area contributed by atoms with Crippen LogP contribution in [0.25, 0.3) is 0 Å². The number of ether oxygens (including phenoxy) is 1. The Bertz CT molecular complexity index is 736. The van der Waals surface area contributed by atoms with E-state index in [1.54, 1.807) is 31.2 Å². The highest BCUT2D eigenvalue weighted by Crippen LogP contribution is 2.30. The van der Waals surface area contributed by atoms with E-state index in [0.717, 1.165) is 11.9 Å². The fourth-order valence-corrected chi connectivity index (χ4v) is 2.14. The molecule has 0 amide bonds. The van der Waals surface area contributed by atoms with E-state index in [0.29, 0.717) is 5.56 Å². The molecule has 0 aliphatic rings. The molecule has 0 aliphatic carbocycles. The van der Waals surface area contributed by atoms with Crippen molar-refractivity contribution in [1.82, 2.24) is 9.97 Å². The Morgan fingerprint density at radius 2 is 2.00 bits per heavy atom. The number of halogens is 1. The van der Waals surface area contributed by atoms with Crippen molar-refractivity contribution in [3.63, 3.8) is 0 Å². The summed E-state index contributed by atoms with van der Waals surface area (Å²) >= 11 is 5.74. The molecule has 0 saturated carbocycles. The minimum atomic E-state index is -0.641. The Morgan fingerprint density at radius 1 is 1.35 bits per heavy atom. The molecule has 0 aliphatic heterocycles. The third-order valence-electron chi connectivity index (χ3n) is 3.15. The van der Waals surface area contributed by atoms with Crippen LogP contribution in [0.3, 0.4) is 0 Å². The van der Waals surface area contributed by atoms with Gasteiger partial charge in [-0.1, -0.05) is 23.7 Å². The molecule has 9 heteroatoms. The van der Waals surface area contributed by atoms with Gasteiger partial charge in [0, 0.05) is 0 Å². The first kappa shape index (κ1) is 16.6. The third-order valence-corrected chi connectivity index (χ3v) is 3.42. The van der Waals surface area contributed by atoms with Gasteiger partial charge in [0.25, 0.3) is 0 Å². The van der Waals surface area contributed by atoms with Gasteiger partial charge < -0.3 is 10.1 Å². The van der Waals surface area contributed by atoms with Crippen LogP contribution in [0.4, 0.5) is 11.5 Å². The lowest BCUT2D eigenvalue weighted by Gasteiger charge is -2.15. The predicted octanol–water partition coefficient (Wildman–Crippen LogP) is 3.00. The number of nitrogens with one attached hydrogen (secondary N) is 1. The first-order chi connectivity index (χ1) is 10.9. The van der Waals surface area contributed by atoms with E-state index in [-0.39, 0.29) is 22.7 Å². The van der Waals surface area contributed by atoms with Gasteiger partial charge in [0.15, 0.2) is 0 Å². The summed E-state index contributed by atoms with van der Waals surface area (Å²) in [5.41, 5.74) is 0.841. The highest BCUT2D eigenvalue weighted by Gasteiger charge is 2.23. The molecule has 1 aromatic carbocycles. The van der Waals surface area contributed by atoms with Crippen LogP contribution in [0.15, 0.2) is 30.6 Å². The number of methoxy groups -OCH3 is 1. The number of hydrogen-bond donors (Lipinski definition) is 1. The number of esters is 1. The molecule has 0 spiro atoms. The van der Waals surface area contributed by atoms with Crippen LogP contribution in [0, 0.1) is 10.1 Å². The molecule has 1 N–H and O–H groups in total. The molecule has 1 atom stereocenters. The molecular weight excluding hydrogens is 324 g/mol. The maximum Gasteiger partial charge on any atom is 0.348 e. The normalized spacial score (nSPS) is 11.6. The SMILES string of the molecule is COC(=O)c1ccc([C@H](C)Nc2ncnc(Cl)c2[N+](=O)[O-])cc1. The zero-order valence-corrected chi connectivity index (χ0v) is 13.1. The fraction of sp³-hybridized carbons (Fsp3) is 0.214. The summed E-state index contributed by atoms with van der Waals surface area (Å²) in [6, 6.07) is 6.37. The second-order valence-electron chi connectivity index (χ2n) is 4.60. The minimum Gasteiger partial charge on any atom is -0.465 e. The molecule has 8 nitrogen and oxygen atoms in total. The standard InChI is InChI=1S/C14H13ClN4O4/c1-8(9-3-5-10(6-4-9)14(20)23-2)18-13-11(19(21)22)12(15)16-7-17-13/h3-8H,1-2H3,(H,16,17,18)/t8-/m0/s1. The van der Waals surface area contributed by atoms with E-state index in [9.17, 15) is 14.9 Å². The van der Waals surface area contributed by atoms with Crippen molar-refractivity contribution in [1.29, 1.82) is 0 Å². The van der Waals surface area contributed by atoms with Crippen LogP contribution in [-0.2, 0) is 4.74 Å². The van der Waals surface area contributed by atoms with Gasteiger partial charge in [-0.25, -0.2) is 14.8 Å². The molecule has 1 aromatic heterocycles. The molecule has 0 fully saturated rings. The number of aromatic nitrogens is 2. The second kappa shape index (κ2) is 7.01. The Hall–Kier alpha value is -2.74. The van der Waals surface area contributed by atoms with Gasteiger partial charge in [-0.15, -0.1) is 0 Å². The summed E-state index contributed by atoms with van der Waals surface area (Å²) in [6.45, 7) is 1.80. The first-order valence-electron chi connectivity index (χ1n) is 6.53. The highest BCUT2D eigenvalue weighted by atomic mass is 35.5. The van der Waals surface area contributed by atoms with E-state index >= 15 is 0 Å². The molecule has 2 rings (SSSR count). The smallest absolute Gasteiger partial charge is 0.348 e. The number of anilines is 1. The number of carbonyl (C=O) groups is 1. The molecule has 0 saturated heterocycles. The number of carbonyl (C=O) groups excluding carboxylic acids is 1. The monoisotopic (exact) mass is 336 g/mol. The Balaban J connectivity index is 2.23. The predicted molar refractivity (Wildman–Crippen MR) is 83.5 cm³/mol. The van der Waals surface area contributed by atoms with Crippen molar-refractivity contribution in [2.24, 2.45) is 0 Å². The topological polar surface area (TPSA) is 107 Å². The Morgan fingerprint density at radius 3 is 2.57 bits per heavy atom. The Labute approximate surface area is 136 Å². The van der Waals surface area contributed by atoms with E-state index in [1.165, 1.54) is 7.11 Å². The van der Waals surface area contributed by atoms with Crippen molar-refractivity contribution in [2.75, 3.05) is 12.4 Å². The number of benzene rings is 1. The van der Waals surface area contributed by atoms with Gasteiger partial charge in [-0.3, -0.25) is 10.1 Å². The highest BCUT2D eigenvalue weighted by molar-refractivity contribution is 6.31. The molecule has 120 valence electrons. The van der Waals surface area contributed by atoms with E-state index in [4.69, 9.17) is 11.6 Å². The van der Waals surface area contributed by atoms with Gasteiger partial charge in [-0.05, 0) is 24.6 Å². The molecule has 23 heavy (non-hydrogen) atoms. The van der Waals surface area contributed by atoms with E-state index in [2.05, 4.69) is 20.0 Å². The van der Waals surface area contributed by atoms with Crippen LogP contribution in [0.1, 0.15) is 28.9 Å². The summed E-state index contributed by atoms with van der Waals surface area (Å²) in [5, 5.41) is 13.7. The zero-order valence-electron chi connectivity index (χ0n) is 12.3. The van der Waals surface area contributed by atoms with Crippen molar-refractivity contribution in [3.8, 4) is 0 Å². The first-order valence-corrected chi connectivity index (χ1v) is 6.91. The lowest BCUT2D eigenvalue weighted by atomic mass is 10.1. The van der Waals surface area contributed by atoms with E-state index < -0.39 is 10.9 Å². The van der Waals surface area contributed by atoms with Crippen molar-refractivity contribution >= 4 is 29.1 Å². The third kappa shape index (κ3) is 3.72. The molecule has 0 bridgehead atoms. The summed E-state index contributed by atoms with van der Waals surface area (Å²) in [6.07, 6.45) is 1.14. The average molecular weight is 337 g/mol. The minimum absolute atomic E-state index is 0.0274. The van der Waals surface area contributed by atoms with Crippen LogP contribution in [0.5, 0.6) is 0 Å². The maximum absolute atomic E-state index is 11.4. The number of nitro groups is 1. The van der Waals surface area contributed by atoms with Gasteiger partial charge in [-0.2, -0.15) is 0 Å². The van der Waals surface area contributed by atoms with Crippen molar-refractivity contribution in [2.45, 2.75) is 13.0 Å². The average Bonchev–Trinajstić information content (AvgIpc) is 2.54. The summed E-state index contributed by atoms with van der Waals surface area (Å²) in [4.78, 5) is 29.3. The summed E-state index contributed by atoms with van der Waals surface area (Å²) in [5.74, 6) is -0.407. The van der Waals surface area contributed by atoms with Crippen LogP contribution in [0.2, 0.25) is 5.15 Å². The summed E-state index contributed by atoms with van der Waals surface area (Å²) in [7, 11) is 1.30. The van der Waals surface area contributed by atoms with Gasteiger partial charge in [0.2, 0.25) is 11.0 Å². The largest absolute Gasteiger partial charge is 0.465 e. The van der Waals surface area contributed by atoms with Gasteiger partial charge >= 0.3 is 11.7 Å². The van der Waals surface area contributed by atoms with Crippen molar-refractivity contribution in [3.05, 3.63) is 57.0 Å². The number of hydrogen-bond acceptors (Lipinski definition) is 7. The van der Waals surface area contributed by atoms with Crippen LogP contribution >= 0.6 is 11.6 Å². The maximum atomic E-state index is 11.4. The second-order valence-corrected chi connectivity index (χ2v) is 4.96. The molecule has 2 aromatic rings. The molecule has 1 heterocycles. The lowest BCUT2D eigenvalue weighted by Crippen LogP contribution is -2.11. The molecular formula is C14H13ClN4O4. The Kier molecular flexibility index (Phi) is 5.07. The van der Waals surface area contributed by atoms with Crippen LogP contribution < -0.4 is 5.32 Å². The number of rotatable bonds is 5. The van der Waals surface area contributed by atoms with Crippen LogP contribution in [-0.4, -0.2) is 28.0 Å². The molecule has 0 unspecified atom stereocenters. The lowest BCUT2D eigenvalue weighted by molar-refractivity contribution is -0.384. The quantitative estimate of drug-likeness (QED) is 0.387. The number of nitrogens with zero attached hydrogens (tertiary/aromatic N) is 3. The van der Waals surface area contributed by atoms with E-state index in [1.807, 2.05) is 0 Å². The summed E-state index contributed by atoms with van der Waals surface area (Å²) < 4.78 is 4.63. The fourth-order valence-electron chi connectivity index (χ4n) is 1.94. The van der Waals surface area contributed by atoms with Crippen molar-refractivity contribution < 1.29 is 14.5 Å². The van der Waals surface area contributed by atoms with Gasteiger partial charge in [0.1, 0.15) is 6.33 Å².